The molecule has 0 aliphatic heterocycles. The highest BCUT2D eigenvalue weighted by Gasteiger charge is 1.93. The Bertz CT molecular complexity index is 262. The van der Waals surface area contributed by atoms with Crippen LogP contribution >= 0.6 is 18.0 Å². The fourth-order valence-electron chi connectivity index (χ4n) is 0.726. The molecule has 0 aliphatic rings. The lowest BCUT2D eigenvalue weighted by molar-refractivity contribution is 0.633. The third kappa shape index (κ3) is 2.57. The van der Waals surface area contributed by atoms with E-state index in [0.29, 0.717) is 8.60 Å². The molecule has 0 radical (unpaired) electrons. The van der Waals surface area contributed by atoms with Gasteiger partial charge in [-0.3, -0.25) is 0 Å². The number of aryl methyl sites for hydroxylation is 1. The number of hydrogen-bond acceptors (Lipinski definition) is 2. The van der Waals surface area contributed by atoms with Gasteiger partial charge in [0.05, 0.1) is 0 Å². The third-order valence-electron chi connectivity index (χ3n) is 1.28. The van der Waals surface area contributed by atoms with E-state index in [-0.39, 0.29) is 0 Å². The Kier molecular flexibility index (Phi) is 3.48. The summed E-state index contributed by atoms with van der Waals surface area (Å²) in [6.45, 7) is 2.01. The van der Waals surface area contributed by atoms with Gasteiger partial charge in [0, 0.05) is 0 Å². The number of hydrogen-bond donors (Lipinski definition) is 0. The van der Waals surface area contributed by atoms with Crippen LogP contribution in [0.2, 0.25) is 0 Å². The lowest BCUT2D eigenvalue weighted by atomic mass is 10.2. The monoisotopic (exact) mass is 185 g/mol. The second-order valence-corrected chi connectivity index (χ2v) is 3.32. The summed E-state index contributed by atoms with van der Waals surface area (Å²) < 4.78 is 9.01. The summed E-state index contributed by atoms with van der Waals surface area (Å²) in [5, 5.41) is 0. The fourth-order valence-corrected chi connectivity index (χ4v) is 1.21. The van der Waals surface area contributed by atoms with Crippen LogP contribution in [0.15, 0.2) is 28.8 Å². The molecule has 58 valence electrons. The Morgan fingerprint density at radius 1 is 1.45 bits per heavy atom. The van der Waals surface area contributed by atoms with Gasteiger partial charge in [-0.2, -0.15) is 0 Å². The van der Waals surface area contributed by atoms with Gasteiger partial charge in [-0.05, 0) is 27.9 Å². The molecule has 0 aliphatic carbocycles. The molecule has 4 heteroatoms. The molecule has 1 aromatic carbocycles. The van der Waals surface area contributed by atoms with E-state index in [1.165, 1.54) is 0 Å². The van der Waals surface area contributed by atoms with Crippen LogP contribution < -0.4 is 4.52 Å². The number of benzene rings is 1. The summed E-state index contributed by atoms with van der Waals surface area (Å²) in [4.78, 5) is 0. The lowest BCUT2D eigenvalue weighted by Crippen LogP contribution is -1.78. The zero-order valence-corrected chi connectivity index (χ0v) is 8.24. The highest BCUT2D eigenvalue weighted by molar-refractivity contribution is 7.31. The minimum atomic E-state index is 0.620. The number of rotatable bonds is 2. The van der Waals surface area contributed by atoms with Gasteiger partial charge in [0.2, 0.25) is 8.60 Å². The van der Waals surface area contributed by atoms with Gasteiger partial charge in [0.15, 0.2) is 0 Å². The summed E-state index contributed by atoms with van der Waals surface area (Å²) in [5.74, 6) is 0.889. The van der Waals surface area contributed by atoms with Crippen LogP contribution in [0.5, 0.6) is 5.75 Å². The maximum Gasteiger partial charge on any atom is 0.245 e. The summed E-state index contributed by atoms with van der Waals surface area (Å²) in [7, 11) is 2.87. The molecular formula is C7H9NOP2. The van der Waals surface area contributed by atoms with Crippen molar-refractivity contribution in [3.8, 4) is 5.75 Å². The second-order valence-electron chi connectivity index (χ2n) is 2.05. The maximum atomic E-state index is 5.27. The SMILES string of the molecule is Cc1ccccc1OP=NP. The minimum Gasteiger partial charge on any atom is -0.423 e. The topological polar surface area (TPSA) is 21.6 Å². The molecule has 1 atom stereocenters. The Hall–Kier alpha value is -0.450. The van der Waals surface area contributed by atoms with Crippen molar-refractivity contribution in [3.63, 3.8) is 0 Å². The van der Waals surface area contributed by atoms with Gasteiger partial charge in [-0.25, -0.2) is 4.52 Å². The van der Waals surface area contributed by atoms with Gasteiger partial charge in [-0.1, -0.05) is 18.2 Å². The van der Waals surface area contributed by atoms with E-state index in [9.17, 15) is 0 Å². The van der Waals surface area contributed by atoms with Gasteiger partial charge < -0.3 is 4.52 Å². The first-order valence-corrected chi connectivity index (χ1v) is 4.45. The van der Waals surface area contributed by atoms with Crippen molar-refractivity contribution in [1.29, 1.82) is 0 Å². The summed E-state index contributed by atoms with van der Waals surface area (Å²) >= 11 is 0. The summed E-state index contributed by atoms with van der Waals surface area (Å²) in [6, 6.07) is 7.86. The molecule has 0 fully saturated rings. The summed E-state index contributed by atoms with van der Waals surface area (Å²) in [6.07, 6.45) is 0. The predicted molar refractivity (Wildman–Crippen MR) is 50.9 cm³/mol. The molecule has 0 aromatic heterocycles. The van der Waals surface area contributed by atoms with Gasteiger partial charge in [0.25, 0.3) is 0 Å². The van der Waals surface area contributed by atoms with Crippen LogP contribution in [0.1, 0.15) is 5.56 Å². The van der Waals surface area contributed by atoms with Crippen LogP contribution in [-0.4, -0.2) is 0 Å². The van der Waals surface area contributed by atoms with Crippen molar-refractivity contribution in [2.75, 3.05) is 0 Å². The Morgan fingerprint density at radius 2 is 2.18 bits per heavy atom. The average Bonchev–Trinajstić information content (AvgIpc) is 2.03. The molecule has 0 N–H and O–H groups in total. The molecule has 1 unspecified atom stereocenters. The second kappa shape index (κ2) is 4.43. The Morgan fingerprint density at radius 3 is 2.82 bits per heavy atom. The Balaban J connectivity index is 2.77. The highest BCUT2D eigenvalue weighted by Crippen LogP contribution is 2.21. The molecule has 11 heavy (non-hydrogen) atoms. The third-order valence-corrected chi connectivity index (χ3v) is 1.94. The van der Waals surface area contributed by atoms with E-state index in [2.05, 4.69) is 13.9 Å². The standard InChI is InChI=1S/C7H9NOP2/c1-6-4-2-3-5-7(6)9-11-8-10/h2-5H,10H2,1H3. The van der Waals surface area contributed by atoms with Gasteiger partial charge >= 0.3 is 0 Å². The van der Waals surface area contributed by atoms with E-state index < -0.39 is 0 Å². The van der Waals surface area contributed by atoms with E-state index in [1.54, 1.807) is 0 Å². The van der Waals surface area contributed by atoms with Crippen LogP contribution in [0.4, 0.5) is 0 Å². The first kappa shape index (κ1) is 8.64. The van der Waals surface area contributed by atoms with Gasteiger partial charge in [-0.15, -0.1) is 0 Å². The number of nitrogens with zero attached hydrogens (tertiary/aromatic N) is 1. The average molecular weight is 185 g/mol. The van der Waals surface area contributed by atoms with Crippen LogP contribution in [0, 0.1) is 6.92 Å². The quantitative estimate of drug-likeness (QED) is 0.648. The minimum absolute atomic E-state index is 0.620. The molecule has 0 amide bonds. The zero-order valence-electron chi connectivity index (χ0n) is 6.19. The van der Waals surface area contributed by atoms with Crippen molar-refractivity contribution in [2.45, 2.75) is 6.92 Å². The molecule has 0 saturated carbocycles. The number of para-hydroxylation sites is 1. The molecule has 1 rings (SSSR count). The molecular weight excluding hydrogens is 176 g/mol. The lowest BCUT2D eigenvalue weighted by Gasteiger charge is -1.99. The molecule has 1 aromatic rings. The molecule has 0 heterocycles. The first-order valence-electron chi connectivity index (χ1n) is 3.17. The zero-order chi connectivity index (χ0) is 8.10. The molecule has 2 nitrogen and oxygen atoms in total. The maximum absolute atomic E-state index is 5.27. The smallest absolute Gasteiger partial charge is 0.245 e. The first-order chi connectivity index (χ1) is 5.34. The molecule has 0 bridgehead atoms. The van der Waals surface area contributed by atoms with Crippen LogP contribution in [-0.2, 0) is 0 Å². The van der Waals surface area contributed by atoms with Crippen molar-refractivity contribution in [2.24, 2.45) is 4.52 Å². The largest absolute Gasteiger partial charge is 0.423 e. The van der Waals surface area contributed by atoms with Crippen molar-refractivity contribution in [1.82, 2.24) is 0 Å². The molecule has 0 spiro atoms. The van der Waals surface area contributed by atoms with Crippen molar-refractivity contribution in [3.05, 3.63) is 29.8 Å². The summed E-state index contributed by atoms with van der Waals surface area (Å²) in [5.41, 5.74) is 1.13. The van der Waals surface area contributed by atoms with E-state index >= 15 is 0 Å². The molecule has 0 saturated heterocycles. The van der Waals surface area contributed by atoms with Crippen molar-refractivity contribution >= 4 is 18.0 Å². The normalized spacial score (nSPS) is 10.4. The van der Waals surface area contributed by atoms with Gasteiger partial charge in [0.1, 0.15) is 5.75 Å². The Labute approximate surface area is 70.2 Å². The van der Waals surface area contributed by atoms with E-state index in [0.717, 1.165) is 11.3 Å². The van der Waals surface area contributed by atoms with Crippen molar-refractivity contribution < 1.29 is 4.52 Å². The van der Waals surface area contributed by atoms with Crippen LogP contribution in [0.25, 0.3) is 0 Å². The predicted octanol–water partition coefficient (Wildman–Crippen LogP) is 3.21. The highest BCUT2D eigenvalue weighted by atomic mass is 31.1. The fraction of sp³-hybridized carbons (Fsp3) is 0.143. The van der Waals surface area contributed by atoms with E-state index in [1.807, 2.05) is 31.2 Å². The van der Waals surface area contributed by atoms with Crippen LogP contribution in [0.3, 0.4) is 0 Å². The van der Waals surface area contributed by atoms with E-state index in [4.69, 9.17) is 4.52 Å².